The minimum Gasteiger partial charge on any atom is -0.377 e. The summed E-state index contributed by atoms with van der Waals surface area (Å²) in [6.45, 7) is 11.5. The molecule has 8 heteroatoms. The number of guanidine groups is 1. The van der Waals surface area contributed by atoms with Gasteiger partial charge in [0.1, 0.15) is 0 Å². The molecule has 0 aromatic rings. The van der Waals surface area contributed by atoms with Gasteiger partial charge in [-0.25, -0.2) is 8.42 Å². The molecular weight excluding hydrogens is 340 g/mol. The van der Waals surface area contributed by atoms with E-state index in [0.29, 0.717) is 26.2 Å². The molecule has 0 aliphatic carbocycles. The summed E-state index contributed by atoms with van der Waals surface area (Å²) < 4.78 is 29.5. The summed E-state index contributed by atoms with van der Waals surface area (Å²) in [5.74, 6) is 0.944. The number of ether oxygens (including phenoxy) is 1. The van der Waals surface area contributed by atoms with Crippen molar-refractivity contribution < 1.29 is 13.2 Å². The lowest BCUT2D eigenvalue weighted by atomic mass is 10.2. The van der Waals surface area contributed by atoms with Gasteiger partial charge >= 0.3 is 0 Å². The Morgan fingerprint density at radius 1 is 1.36 bits per heavy atom. The highest BCUT2D eigenvalue weighted by atomic mass is 32.2. The molecule has 0 radical (unpaired) electrons. The molecule has 1 rings (SSSR count). The Labute approximate surface area is 153 Å². The second-order valence-electron chi connectivity index (χ2n) is 7.36. The molecule has 1 aliphatic heterocycles. The zero-order chi connectivity index (χ0) is 19.1. The van der Waals surface area contributed by atoms with E-state index >= 15 is 0 Å². The molecule has 0 aromatic heterocycles. The number of hydrogen-bond donors (Lipinski definition) is 1. The summed E-state index contributed by atoms with van der Waals surface area (Å²) in [5, 5.41) is 3.29. The first-order valence-corrected chi connectivity index (χ1v) is 10.8. The van der Waals surface area contributed by atoms with Gasteiger partial charge in [-0.3, -0.25) is 4.99 Å². The van der Waals surface area contributed by atoms with Crippen LogP contribution in [0, 0.1) is 0 Å². The van der Waals surface area contributed by atoms with Gasteiger partial charge < -0.3 is 19.9 Å². The van der Waals surface area contributed by atoms with Crippen molar-refractivity contribution in [2.75, 3.05) is 59.2 Å². The van der Waals surface area contributed by atoms with Crippen molar-refractivity contribution in [3.8, 4) is 0 Å². The van der Waals surface area contributed by atoms with Gasteiger partial charge in [-0.2, -0.15) is 0 Å². The van der Waals surface area contributed by atoms with Crippen molar-refractivity contribution in [3.05, 3.63) is 0 Å². The Bertz CT molecular complexity index is 532. The summed E-state index contributed by atoms with van der Waals surface area (Å²) >= 11 is 0. The first-order chi connectivity index (χ1) is 11.6. The van der Waals surface area contributed by atoms with Gasteiger partial charge in [0.15, 0.2) is 15.8 Å². The van der Waals surface area contributed by atoms with Gasteiger partial charge in [0.2, 0.25) is 0 Å². The molecule has 1 aliphatic rings. The van der Waals surface area contributed by atoms with E-state index in [9.17, 15) is 8.42 Å². The third kappa shape index (κ3) is 6.75. The Hall–Kier alpha value is -0.860. The van der Waals surface area contributed by atoms with Crippen LogP contribution in [0.15, 0.2) is 4.99 Å². The molecule has 148 valence electrons. The predicted molar refractivity (Wildman–Crippen MR) is 104 cm³/mol. The van der Waals surface area contributed by atoms with Crippen molar-refractivity contribution in [2.45, 2.75) is 45.0 Å². The van der Waals surface area contributed by atoms with E-state index in [-0.39, 0.29) is 11.9 Å². The number of hydrogen-bond acceptors (Lipinski definition) is 5. The number of aliphatic imine (C=N–C) groups is 1. The normalized spacial score (nSPS) is 21.4. The van der Waals surface area contributed by atoms with E-state index in [2.05, 4.69) is 15.1 Å². The molecule has 7 nitrogen and oxygen atoms in total. The summed E-state index contributed by atoms with van der Waals surface area (Å²) in [7, 11) is 1.04. The average molecular weight is 377 g/mol. The maximum Gasteiger partial charge on any atom is 0.194 e. The van der Waals surface area contributed by atoms with E-state index < -0.39 is 14.6 Å². The highest BCUT2D eigenvalue weighted by molar-refractivity contribution is 7.92. The lowest BCUT2D eigenvalue weighted by Crippen LogP contribution is -2.57. The number of nitrogens with one attached hydrogen (secondary N) is 1. The van der Waals surface area contributed by atoms with E-state index in [1.165, 1.54) is 0 Å². The number of rotatable bonds is 8. The Morgan fingerprint density at radius 3 is 2.56 bits per heavy atom. The van der Waals surface area contributed by atoms with E-state index in [1.54, 1.807) is 13.8 Å². The fourth-order valence-corrected chi connectivity index (χ4v) is 4.17. The van der Waals surface area contributed by atoms with Crippen LogP contribution in [0.2, 0.25) is 0 Å². The van der Waals surface area contributed by atoms with Gasteiger partial charge in [-0.1, -0.05) is 0 Å². The molecule has 0 spiro atoms. The van der Waals surface area contributed by atoms with Crippen LogP contribution in [-0.2, 0) is 14.6 Å². The summed E-state index contributed by atoms with van der Waals surface area (Å²) in [5.41, 5.74) is 0. The third-order valence-corrected chi connectivity index (χ3v) is 6.96. The first-order valence-electron chi connectivity index (χ1n) is 9.14. The van der Waals surface area contributed by atoms with Gasteiger partial charge in [0.05, 0.1) is 23.1 Å². The van der Waals surface area contributed by atoms with Crippen LogP contribution in [0.25, 0.3) is 0 Å². The van der Waals surface area contributed by atoms with Crippen molar-refractivity contribution in [3.63, 3.8) is 0 Å². The molecule has 1 unspecified atom stereocenters. The van der Waals surface area contributed by atoms with Crippen LogP contribution < -0.4 is 5.32 Å². The Balaban J connectivity index is 2.81. The molecule has 0 aromatic carbocycles. The fraction of sp³-hybridized carbons (Fsp3) is 0.941. The molecule has 0 bridgehead atoms. The summed E-state index contributed by atoms with van der Waals surface area (Å²) in [6, 6.07) is 0. The topological polar surface area (TPSA) is 74.2 Å². The average Bonchev–Trinajstić information content (AvgIpc) is 2.51. The Kier molecular flexibility index (Phi) is 8.63. The maximum absolute atomic E-state index is 12.2. The predicted octanol–water partition coefficient (Wildman–Crippen LogP) is 0.818. The third-order valence-electron chi connectivity index (χ3n) is 4.42. The highest BCUT2D eigenvalue weighted by Gasteiger charge is 2.40. The fourth-order valence-electron chi connectivity index (χ4n) is 2.80. The molecule has 1 N–H and O–H groups in total. The van der Waals surface area contributed by atoms with Crippen LogP contribution >= 0.6 is 0 Å². The number of nitrogens with zero attached hydrogens (tertiary/aromatic N) is 3. The van der Waals surface area contributed by atoms with E-state index in [0.717, 1.165) is 25.5 Å². The van der Waals surface area contributed by atoms with Crippen molar-refractivity contribution in [1.29, 1.82) is 0 Å². The lowest BCUT2D eigenvalue weighted by molar-refractivity contribution is 0.0580. The van der Waals surface area contributed by atoms with Crippen molar-refractivity contribution >= 4 is 15.8 Å². The van der Waals surface area contributed by atoms with E-state index in [4.69, 9.17) is 9.73 Å². The minimum atomic E-state index is -3.06. The van der Waals surface area contributed by atoms with Crippen molar-refractivity contribution in [2.24, 2.45) is 4.99 Å². The van der Waals surface area contributed by atoms with Crippen molar-refractivity contribution in [1.82, 2.24) is 15.1 Å². The smallest absolute Gasteiger partial charge is 0.194 e. The Morgan fingerprint density at radius 2 is 2.04 bits per heavy atom. The zero-order valence-electron chi connectivity index (χ0n) is 16.7. The maximum atomic E-state index is 12.2. The van der Waals surface area contributed by atoms with Crippen LogP contribution in [-0.4, -0.2) is 94.2 Å². The van der Waals surface area contributed by atoms with Gasteiger partial charge in [-0.15, -0.1) is 0 Å². The minimum absolute atomic E-state index is 0.0718. The first kappa shape index (κ1) is 22.2. The standard InChI is InChI=1S/C17H36N4O3S/c1-7-18-16(19-13-15(24-8-2)9-10-20(5)6)21-11-12-25(22,23)17(3,4)14-21/h15H,7-14H2,1-6H3,(H,18,19). The second-order valence-corrected chi connectivity index (χ2v) is 10.1. The van der Waals surface area contributed by atoms with Gasteiger partial charge in [0, 0.05) is 32.8 Å². The molecule has 25 heavy (non-hydrogen) atoms. The van der Waals surface area contributed by atoms with Gasteiger partial charge in [0.25, 0.3) is 0 Å². The monoisotopic (exact) mass is 376 g/mol. The van der Waals surface area contributed by atoms with E-state index in [1.807, 2.05) is 27.9 Å². The zero-order valence-corrected chi connectivity index (χ0v) is 17.5. The SMILES string of the molecule is CCNC(=NCC(CCN(C)C)OCC)N1CCS(=O)(=O)C(C)(C)C1. The van der Waals surface area contributed by atoms with Crippen LogP contribution in [0.4, 0.5) is 0 Å². The van der Waals surface area contributed by atoms with Crippen LogP contribution in [0.5, 0.6) is 0 Å². The molecular formula is C17H36N4O3S. The molecule has 1 heterocycles. The summed E-state index contributed by atoms with van der Waals surface area (Å²) in [4.78, 5) is 8.93. The second kappa shape index (κ2) is 9.73. The molecule has 1 atom stereocenters. The number of sulfone groups is 1. The quantitative estimate of drug-likeness (QED) is 0.499. The largest absolute Gasteiger partial charge is 0.377 e. The molecule has 1 fully saturated rings. The highest BCUT2D eigenvalue weighted by Crippen LogP contribution is 2.23. The van der Waals surface area contributed by atoms with Gasteiger partial charge in [-0.05, 0) is 48.2 Å². The molecule has 0 saturated carbocycles. The lowest BCUT2D eigenvalue weighted by Gasteiger charge is -2.39. The summed E-state index contributed by atoms with van der Waals surface area (Å²) in [6.07, 6.45) is 0.992. The van der Waals surface area contributed by atoms with Crippen LogP contribution in [0.3, 0.4) is 0 Å². The molecule has 1 saturated heterocycles. The van der Waals surface area contributed by atoms with Crippen LogP contribution in [0.1, 0.15) is 34.1 Å². The molecule has 0 amide bonds.